The maximum absolute atomic E-state index is 13.3. The third kappa shape index (κ3) is 13.9. The van der Waals surface area contributed by atoms with Crippen molar-refractivity contribution in [1.29, 1.82) is 0 Å². The van der Waals surface area contributed by atoms with Gasteiger partial charge in [-0.2, -0.15) is 4.39 Å². The van der Waals surface area contributed by atoms with E-state index in [4.69, 9.17) is 14.2 Å². The van der Waals surface area contributed by atoms with Crippen LogP contribution < -0.4 is 10.6 Å². The van der Waals surface area contributed by atoms with Gasteiger partial charge in [-0.25, -0.2) is 14.6 Å². The monoisotopic (exact) mass is 538 g/mol. The summed E-state index contributed by atoms with van der Waals surface area (Å²) >= 11 is 0. The van der Waals surface area contributed by atoms with Gasteiger partial charge in [0.1, 0.15) is 22.8 Å². The van der Waals surface area contributed by atoms with Gasteiger partial charge in [-0.05, 0) is 87.6 Å². The number of pyridine rings is 1. The van der Waals surface area contributed by atoms with Crippen molar-refractivity contribution >= 4 is 23.9 Å². The van der Waals surface area contributed by atoms with Gasteiger partial charge in [0.05, 0.1) is 5.92 Å². The lowest BCUT2D eigenvalue weighted by Crippen LogP contribution is -2.47. The largest absolute Gasteiger partial charge is 0.460 e. The molecule has 0 aliphatic rings. The normalized spacial score (nSPS) is 13.6. The molecule has 0 saturated carbocycles. The summed E-state index contributed by atoms with van der Waals surface area (Å²) < 4.78 is 29.6. The van der Waals surface area contributed by atoms with Crippen LogP contribution in [0.5, 0.6) is 0 Å². The molecule has 0 saturated heterocycles. The van der Waals surface area contributed by atoms with Crippen LogP contribution in [0.4, 0.5) is 9.18 Å². The van der Waals surface area contributed by atoms with E-state index in [1.165, 1.54) is 12.3 Å². The van der Waals surface area contributed by atoms with Crippen LogP contribution in [0.2, 0.25) is 0 Å². The Labute approximate surface area is 224 Å². The fourth-order valence-corrected chi connectivity index (χ4v) is 3.23. The van der Waals surface area contributed by atoms with Crippen LogP contribution in [0.15, 0.2) is 18.3 Å². The number of hydrogen-bond acceptors (Lipinski definition) is 8. The molecule has 1 rings (SSSR count). The van der Waals surface area contributed by atoms with Gasteiger partial charge in [0.15, 0.2) is 0 Å². The van der Waals surface area contributed by atoms with E-state index in [1.54, 1.807) is 62.3 Å². The van der Waals surface area contributed by atoms with E-state index in [9.17, 15) is 23.6 Å². The van der Waals surface area contributed by atoms with Crippen molar-refractivity contribution in [3.8, 4) is 0 Å². The number of esters is 2. The highest BCUT2D eigenvalue weighted by atomic mass is 18.2. The Morgan fingerprint density at radius 3 is 1.97 bits per heavy atom. The lowest BCUT2D eigenvalue weighted by molar-refractivity contribution is -0.163. The fraction of sp³-hybridized carbons (Fsp3) is 0.667. The Balaban J connectivity index is 3.01. The molecule has 0 radical (unpaired) electrons. The molecule has 0 fully saturated rings. The SMILES string of the molecule is CC(C)(C)OC(=O)N[C@@H](C[C@H](CCCNC(=O)c1ccnc([18F])c1)C(=O)OC(C)(C)C)C(=O)OC(C)(C)C. The number of amides is 2. The molecule has 214 valence electrons. The van der Waals surface area contributed by atoms with Crippen molar-refractivity contribution in [2.45, 2.75) is 104 Å². The first-order chi connectivity index (χ1) is 17.3. The van der Waals surface area contributed by atoms with Gasteiger partial charge < -0.3 is 24.8 Å². The number of carbonyl (C=O) groups excluding carboxylic acids is 4. The summed E-state index contributed by atoms with van der Waals surface area (Å²) in [6, 6.07) is 1.22. The summed E-state index contributed by atoms with van der Waals surface area (Å²) in [6.45, 7) is 15.5. The minimum absolute atomic E-state index is 0.105. The van der Waals surface area contributed by atoms with Crippen molar-refractivity contribution in [3.05, 3.63) is 29.8 Å². The van der Waals surface area contributed by atoms with Gasteiger partial charge in [0.25, 0.3) is 5.91 Å². The van der Waals surface area contributed by atoms with Gasteiger partial charge >= 0.3 is 18.0 Å². The maximum Gasteiger partial charge on any atom is 0.408 e. The molecule has 0 aliphatic heterocycles. The van der Waals surface area contributed by atoms with Crippen LogP contribution in [0.1, 0.15) is 91.9 Å². The van der Waals surface area contributed by atoms with Crippen LogP contribution in [0.25, 0.3) is 0 Å². The highest BCUT2D eigenvalue weighted by Gasteiger charge is 2.34. The molecule has 2 amide bonds. The Bertz CT molecular complexity index is 978. The zero-order valence-corrected chi connectivity index (χ0v) is 23.9. The van der Waals surface area contributed by atoms with Crippen LogP contribution in [0.3, 0.4) is 0 Å². The Morgan fingerprint density at radius 2 is 1.45 bits per heavy atom. The van der Waals surface area contributed by atoms with Crippen molar-refractivity contribution in [2.24, 2.45) is 5.92 Å². The van der Waals surface area contributed by atoms with Crippen LogP contribution >= 0.6 is 0 Å². The summed E-state index contributed by atoms with van der Waals surface area (Å²) in [4.78, 5) is 54.2. The third-order valence-electron chi connectivity index (χ3n) is 4.65. The van der Waals surface area contributed by atoms with Crippen LogP contribution in [0, 0.1) is 11.9 Å². The maximum atomic E-state index is 13.3. The fourth-order valence-electron chi connectivity index (χ4n) is 3.23. The highest BCUT2D eigenvalue weighted by Crippen LogP contribution is 2.22. The molecule has 0 aliphatic carbocycles. The second-order valence-electron chi connectivity index (χ2n) is 12.0. The summed E-state index contributed by atoms with van der Waals surface area (Å²) in [6.07, 6.45) is 0.837. The average molecular weight is 539 g/mol. The molecule has 11 heteroatoms. The van der Waals surface area contributed by atoms with Crippen molar-refractivity contribution in [2.75, 3.05) is 6.54 Å². The predicted octanol–water partition coefficient (Wildman–Crippen LogP) is 4.31. The number of halogens is 1. The van der Waals surface area contributed by atoms with Crippen molar-refractivity contribution in [3.63, 3.8) is 0 Å². The van der Waals surface area contributed by atoms with Crippen LogP contribution in [-0.2, 0) is 23.8 Å². The molecule has 0 spiro atoms. The molecule has 38 heavy (non-hydrogen) atoms. The Hall–Kier alpha value is -3.24. The first-order valence-electron chi connectivity index (χ1n) is 12.6. The molecule has 1 heterocycles. The standard InChI is InChI=1S/C27H42FN3O7/c1-25(2,3)36-22(33)18(11-10-13-30-21(32)17-12-14-29-20(28)16-17)15-19(23(34)37-26(4,5)6)31-24(35)38-27(7,8)9/h12,14,16,18-19H,10-11,13,15H2,1-9H3,(H,30,32)(H,31,35)/t18-,19-/m0/s1/i28-1. The second kappa shape index (κ2) is 13.5. The van der Waals surface area contributed by atoms with Crippen molar-refractivity contribution < 1.29 is 37.8 Å². The molecule has 0 bridgehead atoms. The van der Waals surface area contributed by atoms with E-state index in [1.807, 2.05) is 0 Å². The van der Waals surface area contributed by atoms with E-state index >= 15 is 0 Å². The second-order valence-corrected chi connectivity index (χ2v) is 12.0. The smallest absolute Gasteiger partial charge is 0.408 e. The molecule has 2 N–H and O–H groups in total. The zero-order chi connectivity index (χ0) is 29.3. The molecule has 2 atom stereocenters. The van der Waals surface area contributed by atoms with E-state index in [0.717, 1.165) is 6.07 Å². The molecule has 1 aromatic heterocycles. The first kappa shape index (κ1) is 32.8. The van der Waals surface area contributed by atoms with E-state index in [0.29, 0.717) is 6.42 Å². The predicted molar refractivity (Wildman–Crippen MR) is 139 cm³/mol. The van der Waals surface area contributed by atoms with Gasteiger partial charge in [0.2, 0.25) is 5.95 Å². The van der Waals surface area contributed by atoms with E-state index in [-0.39, 0.29) is 24.9 Å². The molecule has 1 aromatic rings. The number of aromatic nitrogens is 1. The minimum Gasteiger partial charge on any atom is -0.460 e. The number of carbonyl (C=O) groups is 4. The van der Waals surface area contributed by atoms with E-state index < -0.39 is 58.6 Å². The quantitative estimate of drug-likeness (QED) is 0.195. The van der Waals surface area contributed by atoms with Gasteiger partial charge in [0, 0.05) is 24.4 Å². The number of hydrogen-bond donors (Lipinski definition) is 2. The molecule has 0 unspecified atom stereocenters. The van der Waals surface area contributed by atoms with Gasteiger partial charge in [-0.1, -0.05) is 0 Å². The van der Waals surface area contributed by atoms with Crippen LogP contribution in [-0.4, -0.2) is 58.3 Å². The first-order valence-corrected chi connectivity index (χ1v) is 12.6. The minimum atomic E-state index is -1.18. The summed E-state index contributed by atoms with van der Waals surface area (Å²) in [5, 5.41) is 5.19. The zero-order valence-electron chi connectivity index (χ0n) is 23.9. The average Bonchev–Trinajstić information content (AvgIpc) is 2.71. The van der Waals surface area contributed by atoms with E-state index in [2.05, 4.69) is 15.6 Å². The number of alkyl carbamates (subject to hydrolysis) is 1. The topological polar surface area (TPSA) is 133 Å². The highest BCUT2D eigenvalue weighted by molar-refractivity contribution is 5.94. The molecular formula is C27H42FN3O7. The molecule has 0 aromatic carbocycles. The van der Waals surface area contributed by atoms with Crippen molar-refractivity contribution in [1.82, 2.24) is 15.6 Å². The number of rotatable bonds is 10. The lowest BCUT2D eigenvalue weighted by atomic mass is 9.94. The summed E-state index contributed by atoms with van der Waals surface area (Å²) in [5.74, 6) is -3.34. The van der Waals surface area contributed by atoms with Gasteiger partial charge in [-0.3, -0.25) is 9.59 Å². The number of ether oxygens (including phenoxy) is 3. The third-order valence-corrected chi connectivity index (χ3v) is 4.65. The van der Waals surface area contributed by atoms with Gasteiger partial charge in [-0.15, -0.1) is 0 Å². The number of nitrogens with one attached hydrogen (secondary N) is 2. The summed E-state index contributed by atoms with van der Waals surface area (Å²) in [7, 11) is 0. The number of nitrogens with zero attached hydrogens (tertiary/aromatic N) is 1. The Morgan fingerprint density at radius 1 is 0.895 bits per heavy atom. The summed E-state index contributed by atoms with van der Waals surface area (Å²) in [5.41, 5.74) is -2.30. The molecule has 10 nitrogen and oxygen atoms in total. The lowest BCUT2D eigenvalue weighted by Gasteiger charge is -2.29. The Kier molecular flexibility index (Phi) is 11.7. The molecular weight excluding hydrogens is 496 g/mol.